The number of urea groups is 1. The standard InChI is InChI=1S/C21H27N3O2/c1-16-9-17(2)11-19(10-16)13-23-21(25)24-8-4-6-20(14-24)26-15-18-5-3-7-22-12-18/h3,5,7,9-12,20H,4,6,8,13-15H2,1-2H3,(H,23,25)/t20-/m0/s1. The van der Waals surface area contributed by atoms with Gasteiger partial charge in [-0.15, -0.1) is 0 Å². The second-order valence-electron chi connectivity index (χ2n) is 7.04. The number of likely N-dealkylation sites (tertiary alicyclic amines) is 1. The Morgan fingerprint density at radius 3 is 2.81 bits per heavy atom. The average molecular weight is 353 g/mol. The third-order valence-electron chi connectivity index (χ3n) is 4.60. The highest BCUT2D eigenvalue weighted by Gasteiger charge is 2.24. The molecular formula is C21H27N3O2. The summed E-state index contributed by atoms with van der Waals surface area (Å²) in [5, 5.41) is 3.04. The number of amides is 2. The van der Waals surface area contributed by atoms with E-state index in [2.05, 4.69) is 42.3 Å². The average Bonchev–Trinajstić information content (AvgIpc) is 2.65. The Bertz CT molecular complexity index is 713. The predicted molar refractivity (Wildman–Crippen MR) is 102 cm³/mol. The fraction of sp³-hybridized carbons (Fsp3) is 0.429. The molecule has 1 atom stereocenters. The number of ether oxygens (including phenoxy) is 1. The number of rotatable bonds is 5. The Morgan fingerprint density at radius 2 is 2.08 bits per heavy atom. The minimum Gasteiger partial charge on any atom is -0.372 e. The van der Waals surface area contributed by atoms with E-state index in [4.69, 9.17) is 4.74 Å². The van der Waals surface area contributed by atoms with Crippen LogP contribution in [0.2, 0.25) is 0 Å². The summed E-state index contributed by atoms with van der Waals surface area (Å²) in [6.07, 6.45) is 5.61. The highest BCUT2D eigenvalue weighted by atomic mass is 16.5. The van der Waals surface area contributed by atoms with E-state index in [-0.39, 0.29) is 12.1 Å². The van der Waals surface area contributed by atoms with Gasteiger partial charge in [0, 0.05) is 32.0 Å². The van der Waals surface area contributed by atoms with Crippen LogP contribution in [-0.2, 0) is 17.9 Å². The number of carbonyl (C=O) groups is 1. The van der Waals surface area contributed by atoms with Gasteiger partial charge in [-0.2, -0.15) is 0 Å². The van der Waals surface area contributed by atoms with Crippen molar-refractivity contribution in [3.63, 3.8) is 0 Å². The molecule has 26 heavy (non-hydrogen) atoms. The molecule has 5 heteroatoms. The van der Waals surface area contributed by atoms with Gasteiger partial charge in [0.25, 0.3) is 0 Å². The maximum Gasteiger partial charge on any atom is 0.317 e. The lowest BCUT2D eigenvalue weighted by molar-refractivity contribution is -0.000459. The van der Waals surface area contributed by atoms with Gasteiger partial charge in [-0.1, -0.05) is 35.4 Å². The molecule has 1 aromatic heterocycles. The number of benzene rings is 1. The second kappa shape index (κ2) is 8.81. The molecule has 138 valence electrons. The molecule has 1 aliphatic rings. The molecule has 0 unspecified atom stereocenters. The molecule has 1 fully saturated rings. The minimum atomic E-state index is -0.0150. The first-order valence-corrected chi connectivity index (χ1v) is 9.20. The van der Waals surface area contributed by atoms with Crippen LogP contribution in [0.5, 0.6) is 0 Å². The Labute approximate surface area is 155 Å². The number of carbonyl (C=O) groups excluding carboxylic acids is 1. The molecule has 0 spiro atoms. The zero-order valence-electron chi connectivity index (χ0n) is 15.6. The highest BCUT2D eigenvalue weighted by Crippen LogP contribution is 2.15. The molecule has 2 heterocycles. The number of aromatic nitrogens is 1. The summed E-state index contributed by atoms with van der Waals surface area (Å²) in [5.74, 6) is 0. The fourth-order valence-electron chi connectivity index (χ4n) is 3.42. The number of aryl methyl sites for hydroxylation is 2. The van der Waals surface area contributed by atoms with Crippen LogP contribution < -0.4 is 5.32 Å². The summed E-state index contributed by atoms with van der Waals surface area (Å²) in [6, 6.07) is 10.3. The molecular weight excluding hydrogens is 326 g/mol. The molecule has 3 rings (SSSR count). The normalized spacial score (nSPS) is 17.2. The van der Waals surface area contributed by atoms with E-state index < -0.39 is 0 Å². The summed E-state index contributed by atoms with van der Waals surface area (Å²) >= 11 is 0. The van der Waals surface area contributed by atoms with Crippen molar-refractivity contribution in [2.24, 2.45) is 0 Å². The van der Waals surface area contributed by atoms with Gasteiger partial charge in [0.1, 0.15) is 0 Å². The third kappa shape index (κ3) is 5.30. The van der Waals surface area contributed by atoms with Crippen LogP contribution >= 0.6 is 0 Å². The van der Waals surface area contributed by atoms with Crippen LogP contribution in [0, 0.1) is 13.8 Å². The van der Waals surface area contributed by atoms with Gasteiger partial charge in [0.2, 0.25) is 0 Å². The van der Waals surface area contributed by atoms with E-state index in [0.29, 0.717) is 19.7 Å². The Balaban J connectivity index is 1.48. The van der Waals surface area contributed by atoms with E-state index in [1.165, 1.54) is 11.1 Å². The summed E-state index contributed by atoms with van der Waals surface area (Å²) in [5.41, 5.74) is 4.63. The zero-order valence-corrected chi connectivity index (χ0v) is 15.6. The van der Waals surface area contributed by atoms with E-state index in [0.717, 1.165) is 30.5 Å². The molecule has 2 amide bonds. The van der Waals surface area contributed by atoms with Crippen molar-refractivity contribution in [3.05, 3.63) is 65.0 Å². The summed E-state index contributed by atoms with van der Waals surface area (Å²) in [7, 11) is 0. The molecule has 2 aromatic rings. The van der Waals surface area contributed by atoms with E-state index in [9.17, 15) is 4.79 Å². The van der Waals surface area contributed by atoms with Gasteiger partial charge in [0.15, 0.2) is 0 Å². The summed E-state index contributed by atoms with van der Waals surface area (Å²) < 4.78 is 5.98. The lowest BCUT2D eigenvalue weighted by Crippen LogP contribution is -2.47. The van der Waals surface area contributed by atoms with Gasteiger partial charge < -0.3 is 15.0 Å². The first-order chi connectivity index (χ1) is 12.6. The number of piperidine rings is 1. The molecule has 0 saturated carbocycles. The Kier molecular flexibility index (Phi) is 6.23. The Morgan fingerprint density at radius 1 is 1.27 bits per heavy atom. The monoisotopic (exact) mass is 353 g/mol. The maximum absolute atomic E-state index is 12.5. The summed E-state index contributed by atoms with van der Waals surface area (Å²) in [6.45, 7) is 6.67. The summed E-state index contributed by atoms with van der Waals surface area (Å²) in [4.78, 5) is 18.5. The molecule has 5 nitrogen and oxygen atoms in total. The SMILES string of the molecule is Cc1cc(C)cc(CNC(=O)N2CCC[C@H](OCc3cccnc3)C2)c1. The highest BCUT2D eigenvalue weighted by molar-refractivity contribution is 5.74. The van der Waals surface area contributed by atoms with Crippen molar-refractivity contribution in [2.75, 3.05) is 13.1 Å². The van der Waals surface area contributed by atoms with Gasteiger partial charge in [-0.3, -0.25) is 4.98 Å². The van der Waals surface area contributed by atoms with Crippen molar-refractivity contribution in [2.45, 2.75) is 45.9 Å². The molecule has 1 saturated heterocycles. The first kappa shape index (κ1) is 18.4. The molecule has 0 bridgehead atoms. The topological polar surface area (TPSA) is 54.5 Å². The van der Waals surface area contributed by atoms with Gasteiger partial charge in [-0.25, -0.2) is 4.79 Å². The second-order valence-corrected chi connectivity index (χ2v) is 7.04. The van der Waals surface area contributed by atoms with Crippen LogP contribution in [0.25, 0.3) is 0 Å². The van der Waals surface area contributed by atoms with Crippen molar-refractivity contribution in [3.8, 4) is 0 Å². The van der Waals surface area contributed by atoms with Crippen molar-refractivity contribution < 1.29 is 9.53 Å². The third-order valence-corrected chi connectivity index (χ3v) is 4.60. The van der Waals surface area contributed by atoms with E-state index in [1.54, 1.807) is 6.20 Å². The molecule has 1 aromatic carbocycles. The molecule has 1 aliphatic heterocycles. The predicted octanol–water partition coefficient (Wildman–Crippen LogP) is 3.59. The van der Waals surface area contributed by atoms with E-state index >= 15 is 0 Å². The maximum atomic E-state index is 12.5. The van der Waals surface area contributed by atoms with Crippen LogP contribution in [0.15, 0.2) is 42.7 Å². The lowest BCUT2D eigenvalue weighted by Gasteiger charge is -2.32. The Hall–Kier alpha value is -2.40. The number of nitrogens with one attached hydrogen (secondary N) is 1. The van der Waals surface area contributed by atoms with Gasteiger partial charge >= 0.3 is 6.03 Å². The van der Waals surface area contributed by atoms with Gasteiger partial charge in [0.05, 0.1) is 12.7 Å². The van der Waals surface area contributed by atoms with Crippen LogP contribution in [0.3, 0.4) is 0 Å². The number of pyridine rings is 1. The van der Waals surface area contributed by atoms with Crippen LogP contribution in [0.1, 0.15) is 35.1 Å². The fourth-order valence-corrected chi connectivity index (χ4v) is 3.42. The molecule has 0 aliphatic carbocycles. The quantitative estimate of drug-likeness (QED) is 0.894. The number of hydrogen-bond donors (Lipinski definition) is 1. The largest absolute Gasteiger partial charge is 0.372 e. The van der Waals surface area contributed by atoms with Crippen LogP contribution in [0.4, 0.5) is 4.79 Å². The molecule has 0 radical (unpaired) electrons. The van der Waals surface area contributed by atoms with Crippen molar-refractivity contribution >= 4 is 6.03 Å². The minimum absolute atomic E-state index is 0.0150. The zero-order chi connectivity index (χ0) is 18.4. The van der Waals surface area contributed by atoms with Gasteiger partial charge in [-0.05, 0) is 43.9 Å². The lowest BCUT2D eigenvalue weighted by atomic mass is 10.1. The van der Waals surface area contributed by atoms with Crippen molar-refractivity contribution in [1.82, 2.24) is 15.2 Å². The number of nitrogens with zero attached hydrogens (tertiary/aromatic N) is 2. The first-order valence-electron chi connectivity index (χ1n) is 9.20. The van der Waals surface area contributed by atoms with Crippen molar-refractivity contribution in [1.29, 1.82) is 0 Å². The smallest absolute Gasteiger partial charge is 0.317 e. The number of hydrogen-bond acceptors (Lipinski definition) is 3. The van der Waals surface area contributed by atoms with E-state index in [1.807, 2.05) is 23.2 Å². The molecule has 1 N–H and O–H groups in total. The van der Waals surface area contributed by atoms with Crippen LogP contribution in [-0.4, -0.2) is 35.1 Å².